The van der Waals surface area contributed by atoms with Crippen LogP contribution >= 0.6 is 0 Å². The van der Waals surface area contributed by atoms with Crippen LogP contribution in [-0.4, -0.2) is 26.7 Å². The van der Waals surface area contributed by atoms with Crippen molar-refractivity contribution in [2.75, 3.05) is 11.9 Å². The van der Waals surface area contributed by atoms with Crippen molar-refractivity contribution in [3.05, 3.63) is 59.7 Å². The fraction of sp³-hybridized carbons (Fsp3) is 0.300. The van der Waals surface area contributed by atoms with Crippen molar-refractivity contribution < 1.29 is 13.2 Å². The highest BCUT2D eigenvalue weighted by Crippen LogP contribution is 2.22. The summed E-state index contributed by atoms with van der Waals surface area (Å²) >= 11 is 0. The van der Waals surface area contributed by atoms with E-state index in [-0.39, 0.29) is 29.6 Å². The lowest BCUT2D eigenvalue weighted by atomic mass is 9.99. The third-order valence-corrected chi connectivity index (χ3v) is 6.04. The number of amides is 1. The number of nitrogens with zero attached hydrogens (tertiary/aromatic N) is 1. The monoisotopic (exact) mass is 385 g/mol. The molecule has 0 fully saturated rings. The Bertz CT molecular complexity index is 966. The molecule has 1 aliphatic rings. The van der Waals surface area contributed by atoms with E-state index in [2.05, 4.69) is 28.9 Å². The molecule has 0 aromatic heterocycles. The lowest BCUT2D eigenvalue weighted by Crippen LogP contribution is -2.23. The number of rotatable bonds is 6. The summed E-state index contributed by atoms with van der Waals surface area (Å²) in [6.07, 6.45) is 1.24. The second-order valence-electron chi connectivity index (χ2n) is 6.56. The fourth-order valence-corrected chi connectivity index (χ4v) is 4.13. The lowest BCUT2D eigenvalue weighted by molar-refractivity contribution is -0.116. The number of amidine groups is 1. The first-order valence-electron chi connectivity index (χ1n) is 8.97. The molecule has 0 spiro atoms. The highest BCUT2D eigenvalue weighted by molar-refractivity contribution is 7.90. The van der Waals surface area contributed by atoms with E-state index in [1.54, 1.807) is 18.2 Å². The Morgan fingerprint density at radius 1 is 1.15 bits per heavy atom. The van der Waals surface area contributed by atoms with Crippen LogP contribution in [0, 0.1) is 0 Å². The molecule has 142 valence electrons. The van der Waals surface area contributed by atoms with Gasteiger partial charge in [0.25, 0.3) is 10.0 Å². The zero-order valence-electron chi connectivity index (χ0n) is 15.4. The Morgan fingerprint density at radius 2 is 1.85 bits per heavy atom. The van der Waals surface area contributed by atoms with Crippen molar-refractivity contribution in [1.82, 2.24) is 4.72 Å². The van der Waals surface area contributed by atoms with Crippen molar-refractivity contribution in [2.45, 2.75) is 37.5 Å². The van der Waals surface area contributed by atoms with E-state index in [0.29, 0.717) is 11.5 Å². The average molecular weight is 385 g/mol. The van der Waals surface area contributed by atoms with E-state index >= 15 is 0 Å². The molecule has 0 radical (unpaired) electrons. The van der Waals surface area contributed by atoms with Gasteiger partial charge in [0.2, 0.25) is 5.91 Å². The minimum atomic E-state index is -3.55. The maximum Gasteiger partial charge on any atom is 0.263 e. The zero-order valence-corrected chi connectivity index (χ0v) is 16.2. The van der Waals surface area contributed by atoms with E-state index in [1.165, 1.54) is 11.6 Å². The summed E-state index contributed by atoms with van der Waals surface area (Å²) in [4.78, 5) is 16.6. The van der Waals surface area contributed by atoms with Crippen molar-refractivity contribution in [1.29, 1.82) is 0 Å². The van der Waals surface area contributed by atoms with E-state index in [1.807, 2.05) is 24.3 Å². The van der Waals surface area contributed by atoms with Gasteiger partial charge in [-0.25, -0.2) is 8.42 Å². The molecule has 0 bridgehead atoms. The Hall–Kier alpha value is -2.67. The van der Waals surface area contributed by atoms with Crippen LogP contribution in [-0.2, 0) is 14.8 Å². The minimum absolute atomic E-state index is 0.162. The largest absolute Gasteiger partial charge is 0.326 e. The first kappa shape index (κ1) is 19.1. The van der Waals surface area contributed by atoms with Gasteiger partial charge in [0, 0.05) is 17.7 Å². The maximum atomic E-state index is 12.1. The van der Waals surface area contributed by atoms with Crippen molar-refractivity contribution >= 4 is 27.5 Å². The Balaban J connectivity index is 1.58. The summed E-state index contributed by atoms with van der Waals surface area (Å²) in [5.74, 6) is 0.615. The molecule has 0 aliphatic carbocycles. The van der Waals surface area contributed by atoms with Gasteiger partial charge in [0.15, 0.2) is 0 Å². The molecule has 0 unspecified atom stereocenters. The van der Waals surface area contributed by atoms with Crippen LogP contribution in [0.5, 0.6) is 0 Å². The van der Waals surface area contributed by atoms with E-state index < -0.39 is 10.0 Å². The molecule has 0 saturated heterocycles. The number of aliphatic imine (C=N–C) groups is 1. The van der Waals surface area contributed by atoms with Crippen molar-refractivity contribution in [3.63, 3.8) is 0 Å². The second-order valence-corrected chi connectivity index (χ2v) is 8.21. The Kier molecular flexibility index (Phi) is 5.60. The molecule has 6 nitrogen and oxygen atoms in total. The molecule has 1 atom stereocenters. The summed E-state index contributed by atoms with van der Waals surface area (Å²) in [6.45, 7) is 4.51. The average Bonchev–Trinajstić information content (AvgIpc) is 2.92. The lowest BCUT2D eigenvalue weighted by Gasteiger charge is -2.10. The second kappa shape index (κ2) is 7.92. The Morgan fingerprint density at radius 3 is 2.56 bits per heavy atom. The molecule has 1 amide bonds. The number of carbonyl (C=O) groups excluding carboxylic acids is 1. The highest BCUT2D eigenvalue weighted by Gasteiger charge is 2.29. The van der Waals surface area contributed by atoms with E-state index in [9.17, 15) is 13.2 Å². The predicted molar refractivity (Wildman–Crippen MR) is 107 cm³/mol. The number of benzene rings is 2. The van der Waals surface area contributed by atoms with Gasteiger partial charge in [-0.15, -0.1) is 0 Å². The minimum Gasteiger partial charge on any atom is -0.326 e. The molecular formula is C20H23N3O3S. The molecule has 2 aromatic rings. The first-order chi connectivity index (χ1) is 12.9. The predicted octanol–water partition coefficient (Wildman–Crippen LogP) is 3.27. The smallest absolute Gasteiger partial charge is 0.263 e. The molecular weight excluding hydrogens is 362 g/mol. The van der Waals surface area contributed by atoms with Gasteiger partial charge in [-0.2, -0.15) is 0 Å². The van der Waals surface area contributed by atoms with Gasteiger partial charge >= 0.3 is 0 Å². The number of nitrogens with one attached hydrogen (secondary N) is 2. The van der Waals surface area contributed by atoms with Gasteiger partial charge in [0.05, 0.1) is 11.4 Å². The third-order valence-electron chi connectivity index (χ3n) is 4.65. The van der Waals surface area contributed by atoms with Crippen LogP contribution < -0.4 is 10.0 Å². The van der Waals surface area contributed by atoms with Crippen molar-refractivity contribution in [3.8, 4) is 0 Å². The molecule has 2 aromatic carbocycles. The Labute approximate surface area is 159 Å². The SMILES string of the molecule is CC[C@H](C)c1ccc(NC(=O)CCN=C2NS(=O)(=O)c3ccccc32)cc1. The van der Waals surface area contributed by atoms with Crippen LogP contribution in [0.15, 0.2) is 58.4 Å². The molecule has 0 saturated carbocycles. The van der Waals surface area contributed by atoms with Crippen LogP contribution in [0.3, 0.4) is 0 Å². The number of anilines is 1. The summed E-state index contributed by atoms with van der Waals surface area (Å²) in [5.41, 5.74) is 2.53. The normalized spacial score (nSPS) is 17.2. The molecule has 3 rings (SSSR count). The first-order valence-corrected chi connectivity index (χ1v) is 10.5. The standard InChI is InChI=1S/C20H23N3O3S/c1-3-14(2)15-8-10-16(11-9-15)22-19(24)12-13-21-20-17-6-4-5-7-18(17)27(25,26)23-20/h4-11,14H,3,12-13H2,1-2H3,(H,21,23)(H,22,24)/t14-/m0/s1. The van der Waals surface area contributed by atoms with Crippen LogP contribution in [0.2, 0.25) is 0 Å². The van der Waals surface area contributed by atoms with Gasteiger partial charge in [0.1, 0.15) is 5.84 Å². The number of hydrogen-bond acceptors (Lipinski definition) is 4. The van der Waals surface area contributed by atoms with Crippen LogP contribution in [0.4, 0.5) is 5.69 Å². The topological polar surface area (TPSA) is 87.6 Å². The fourth-order valence-electron chi connectivity index (χ4n) is 2.87. The highest BCUT2D eigenvalue weighted by atomic mass is 32.2. The molecule has 27 heavy (non-hydrogen) atoms. The molecule has 1 aliphatic heterocycles. The zero-order chi connectivity index (χ0) is 19.4. The van der Waals surface area contributed by atoms with Gasteiger partial charge < -0.3 is 5.32 Å². The summed E-state index contributed by atoms with van der Waals surface area (Å²) in [5, 5.41) is 2.84. The quantitative estimate of drug-likeness (QED) is 0.800. The molecule has 7 heteroatoms. The maximum absolute atomic E-state index is 12.1. The van der Waals surface area contributed by atoms with E-state index in [4.69, 9.17) is 0 Å². The number of hydrogen-bond donors (Lipinski definition) is 2. The number of carbonyl (C=O) groups is 1. The summed E-state index contributed by atoms with van der Waals surface area (Å²) < 4.78 is 26.5. The number of fused-ring (bicyclic) bond motifs is 1. The summed E-state index contributed by atoms with van der Waals surface area (Å²) in [7, 11) is -3.55. The van der Waals surface area contributed by atoms with Crippen LogP contribution in [0.25, 0.3) is 0 Å². The van der Waals surface area contributed by atoms with Gasteiger partial charge in [-0.3, -0.25) is 14.5 Å². The van der Waals surface area contributed by atoms with E-state index in [0.717, 1.165) is 12.1 Å². The van der Waals surface area contributed by atoms with Gasteiger partial charge in [-0.1, -0.05) is 38.1 Å². The molecule has 1 heterocycles. The van der Waals surface area contributed by atoms with Crippen LogP contribution in [0.1, 0.15) is 43.7 Å². The van der Waals surface area contributed by atoms with Gasteiger partial charge in [-0.05, 0) is 42.2 Å². The number of sulfonamides is 1. The third kappa shape index (κ3) is 4.36. The molecule has 2 N–H and O–H groups in total. The van der Waals surface area contributed by atoms with Crippen molar-refractivity contribution in [2.24, 2.45) is 4.99 Å². The summed E-state index contributed by atoms with van der Waals surface area (Å²) in [6, 6.07) is 14.5.